The van der Waals surface area contributed by atoms with Gasteiger partial charge in [-0.05, 0) is 41.8 Å². The van der Waals surface area contributed by atoms with E-state index in [0.717, 1.165) is 11.1 Å². The van der Waals surface area contributed by atoms with Crippen LogP contribution in [0.3, 0.4) is 0 Å². The van der Waals surface area contributed by atoms with Gasteiger partial charge in [-0.15, -0.1) is 0 Å². The lowest BCUT2D eigenvalue weighted by molar-refractivity contribution is -0.384. The molecule has 7 nitrogen and oxygen atoms in total. The Hall–Kier alpha value is -4.26. The number of nitrogens with zero attached hydrogens (tertiary/aromatic N) is 3. The third-order valence-corrected chi connectivity index (χ3v) is 5.43. The molecule has 0 atom stereocenters. The van der Waals surface area contributed by atoms with Gasteiger partial charge in [0, 0.05) is 25.7 Å². The van der Waals surface area contributed by atoms with Crippen LogP contribution in [-0.4, -0.2) is 28.7 Å². The first-order valence-electron chi connectivity index (χ1n) is 10.1. The average molecular weight is 427 g/mol. The number of likely N-dealkylation sites (N-methyl/N-ethyl adjacent to an activating group) is 1. The monoisotopic (exact) mass is 427 g/mol. The van der Waals surface area contributed by atoms with Crippen LogP contribution in [0.5, 0.6) is 0 Å². The maximum Gasteiger partial charge on any atom is 0.282 e. The molecule has 2 amide bonds. The van der Waals surface area contributed by atoms with Crippen LogP contribution in [0.4, 0.5) is 11.4 Å². The standard InChI is InChI=1S/C25H21N3O4/c1-17-8-6-7-11-21(17)27-24(29)22(19-12-14-20(15-13-19)28(31)32)23(25(27)30)26(2)16-18-9-4-3-5-10-18/h3-15H,16H2,1-2H3. The summed E-state index contributed by atoms with van der Waals surface area (Å²) in [5.41, 5.74) is 3.16. The highest BCUT2D eigenvalue weighted by atomic mass is 16.6. The minimum Gasteiger partial charge on any atom is -0.365 e. The Balaban J connectivity index is 1.82. The fourth-order valence-corrected chi connectivity index (χ4v) is 3.85. The number of rotatable bonds is 6. The molecule has 1 aliphatic heterocycles. The van der Waals surface area contributed by atoms with Crippen LogP contribution in [0.15, 0.2) is 84.6 Å². The van der Waals surface area contributed by atoms with Gasteiger partial charge in [0.1, 0.15) is 5.70 Å². The number of carbonyl (C=O) groups excluding carboxylic acids is 2. The van der Waals surface area contributed by atoms with Crippen molar-refractivity contribution in [2.24, 2.45) is 0 Å². The van der Waals surface area contributed by atoms with E-state index in [1.165, 1.54) is 29.2 Å². The van der Waals surface area contributed by atoms with E-state index in [4.69, 9.17) is 0 Å². The second-order valence-corrected chi connectivity index (χ2v) is 7.60. The van der Waals surface area contributed by atoms with E-state index in [-0.39, 0.29) is 17.0 Å². The molecule has 0 spiro atoms. The van der Waals surface area contributed by atoms with E-state index in [9.17, 15) is 19.7 Å². The molecule has 0 N–H and O–H groups in total. The average Bonchev–Trinajstić information content (AvgIpc) is 3.05. The molecular formula is C25H21N3O4. The fraction of sp³-hybridized carbons (Fsp3) is 0.120. The molecule has 0 aliphatic carbocycles. The smallest absolute Gasteiger partial charge is 0.282 e. The molecule has 0 aromatic heterocycles. The molecule has 1 heterocycles. The minimum absolute atomic E-state index is 0.0823. The first-order valence-corrected chi connectivity index (χ1v) is 10.1. The van der Waals surface area contributed by atoms with Crippen molar-refractivity contribution in [1.82, 2.24) is 4.90 Å². The number of anilines is 1. The first-order chi connectivity index (χ1) is 15.4. The molecule has 0 saturated carbocycles. The third kappa shape index (κ3) is 3.76. The Morgan fingerprint density at radius 2 is 1.50 bits per heavy atom. The molecule has 4 rings (SSSR count). The Labute approximate surface area is 185 Å². The van der Waals surface area contributed by atoms with Crippen molar-refractivity contribution >= 4 is 28.8 Å². The largest absolute Gasteiger partial charge is 0.365 e. The van der Waals surface area contributed by atoms with E-state index >= 15 is 0 Å². The highest BCUT2D eigenvalue weighted by Gasteiger charge is 2.42. The lowest BCUT2D eigenvalue weighted by Gasteiger charge is -2.22. The lowest BCUT2D eigenvalue weighted by Crippen LogP contribution is -2.34. The zero-order valence-electron chi connectivity index (χ0n) is 17.7. The highest BCUT2D eigenvalue weighted by Crippen LogP contribution is 2.36. The molecule has 32 heavy (non-hydrogen) atoms. The number of amides is 2. The third-order valence-electron chi connectivity index (χ3n) is 5.43. The molecule has 0 bridgehead atoms. The van der Waals surface area contributed by atoms with Gasteiger partial charge in [-0.1, -0.05) is 48.5 Å². The van der Waals surface area contributed by atoms with Crippen molar-refractivity contribution in [3.63, 3.8) is 0 Å². The van der Waals surface area contributed by atoms with Crippen LogP contribution in [-0.2, 0) is 16.1 Å². The molecule has 0 unspecified atom stereocenters. The topological polar surface area (TPSA) is 83.8 Å². The Morgan fingerprint density at radius 3 is 2.12 bits per heavy atom. The normalized spacial score (nSPS) is 13.6. The van der Waals surface area contributed by atoms with Gasteiger partial charge in [0.05, 0.1) is 16.2 Å². The SMILES string of the molecule is Cc1ccccc1N1C(=O)C(c2ccc([N+](=O)[O-])cc2)=C(N(C)Cc2ccccc2)C1=O. The summed E-state index contributed by atoms with van der Waals surface area (Å²) in [6, 6.07) is 22.5. The van der Waals surface area contributed by atoms with Gasteiger partial charge < -0.3 is 4.90 Å². The zero-order valence-corrected chi connectivity index (χ0v) is 17.7. The van der Waals surface area contributed by atoms with E-state index in [2.05, 4.69) is 0 Å². The minimum atomic E-state index is -0.498. The van der Waals surface area contributed by atoms with E-state index in [1.807, 2.05) is 49.4 Å². The summed E-state index contributed by atoms with van der Waals surface area (Å²) in [6.45, 7) is 2.26. The van der Waals surface area contributed by atoms with Crippen LogP contribution in [0.2, 0.25) is 0 Å². The van der Waals surface area contributed by atoms with Gasteiger partial charge in [-0.2, -0.15) is 0 Å². The number of nitro benzene ring substituents is 1. The van der Waals surface area contributed by atoms with Crippen LogP contribution >= 0.6 is 0 Å². The Kier molecular flexibility index (Phi) is 5.55. The number of benzene rings is 3. The van der Waals surface area contributed by atoms with Crippen molar-refractivity contribution < 1.29 is 14.5 Å². The van der Waals surface area contributed by atoms with Gasteiger partial charge in [-0.3, -0.25) is 19.7 Å². The Bertz CT molecular complexity index is 1230. The van der Waals surface area contributed by atoms with Crippen LogP contribution < -0.4 is 4.90 Å². The van der Waals surface area contributed by atoms with E-state index < -0.39 is 16.7 Å². The lowest BCUT2D eigenvalue weighted by atomic mass is 10.0. The molecular weight excluding hydrogens is 406 g/mol. The molecule has 160 valence electrons. The number of hydrogen-bond acceptors (Lipinski definition) is 5. The van der Waals surface area contributed by atoms with Crippen LogP contribution in [0, 0.1) is 17.0 Å². The number of non-ortho nitro benzene ring substituents is 1. The predicted molar refractivity (Wildman–Crippen MR) is 122 cm³/mol. The summed E-state index contributed by atoms with van der Waals surface area (Å²) < 4.78 is 0. The second-order valence-electron chi connectivity index (χ2n) is 7.60. The summed E-state index contributed by atoms with van der Waals surface area (Å²) >= 11 is 0. The molecule has 7 heteroatoms. The maximum absolute atomic E-state index is 13.6. The number of carbonyl (C=O) groups is 2. The molecule has 3 aromatic rings. The van der Waals surface area contributed by atoms with Gasteiger partial charge >= 0.3 is 0 Å². The van der Waals surface area contributed by atoms with Crippen molar-refractivity contribution in [2.75, 3.05) is 11.9 Å². The summed E-state index contributed by atoms with van der Waals surface area (Å²) in [5, 5.41) is 11.1. The van der Waals surface area contributed by atoms with Crippen molar-refractivity contribution in [2.45, 2.75) is 13.5 Å². The zero-order chi connectivity index (χ0) is 22.8. The summed E-state index contributed by atoms with van der Waals surface area (Å²) in [7, 11) is 1.76. The van der Waals surface area contributed by atoms with E-state index in [1.54, 1.807) is 24.1 Å². The van der Waals surface area contributed by atoms with Crippen LogP contribution in [0.1, 0.15) is 16.7 Å². The summed E-state index contributed by atoms with van der Waals surface area (Å²) in [4.78, 5) is 40.6. The fourth-order valence-electron chi connectivity index (χ4n) is 3.85. The molecule has 1 aliphatic rings. The molecule has 0 saturated heterocycles. The molecule has 0 fully saturated rings. The van der Waals surface area contributed by atoms with Gasteiger partial charge in [0.15, 0.2) is 0 Å². The number of aryl methyl sites for hydroxylation is 1. The highest BCUT2D eigenvalue weighted by molar-refractivity contribution is 6.45. The first kappa shape index (κ1) is 21.0. The van der Waals surface area contributed by atoms with E-state index in [0.29, 0.717) is 17.8 Å². The Morgan fingerprint density at radius 1 is 0.875 bits per heavy atom. The second kappa shape index (κ2) is 8.47. The molecule has 0 radical (unpaired) electrons. The molecule has 3 aromatic carbocycles. The number of hydrogen-bond donors (Lipinski definition) is 0. The van der Waals surface area contributed by atoms with Crippen molar-refractivity contribution in [3.8, 4) is 0 Å². The number of nitro groups is 1. The predicted octanol–water partition coefficient (Wildman–Crippen LogP) is 4.32. The maximum atomic E-state index is 13.6. The van der Waals surface area contributed by atoms with Crippen molar-refractivity contribution in [1.29, 1.82) is 0 Å². The number of imide groups is 1. The van der Waals surface area contributed by atoms with Gasteiger partial charge in [0.25, 0.3) is 17.5 Å². The quantitative estimate of drug-likeness (QED) is 0.332. The number of para-hydroxylation sites is 1. The van der Waals surface area contributed by atoms with Crippen LogP contribution in [0.25, 0.3) is 5.57 Å². The van der Waals surface area contributed by atoms with Crippen molar-refractivity contribution in [3.05, 3.63) is 111 Å². The summed E-state index contributed by atoms with van der Waals surface area (Å²) in [5.74, 6) is -0.871. The van der Waals surface area contributed by atoms with Gasteiger partial charge in [0.2, 0.25) is 0 Å². The summed E-state index contributed by atoms with van der Waals surface area (Å²) in [6.07, 6.45) is 0. The van der Waals surface area contributed by atoms with Gasteiger partial charge in [-0.25, -0.2) is 4.90 Å².